The maximum absolute atomic E-state index is 11.9. The third kappa shape index (κ3) is 5.73. The molecule has 0 bridgehead atoms. The van der Waals surface area contributed by atoms with Crippen LogP contribution in [0.4, 0.5) is 5.69 Å². The molecular formula is C18H24N4O4. The summed E-state index contributed by atoms with van der Waals surface area (Å²) >= 11 is 0. The van der Waals surface area contributed by atoms with Crippen molar-refractivity contribution in [3.05, 3.63) is 42.4 Å². The molecule has 0 saturated heterocycles. The van der Waals surface area contributed by atoms with E-state index < -0.39 is 0 Å². The van der Waals surface area contributed by atoms with Crippen LogP contribution in [0.1, 0.15) is 12.7 Å². The lowest BCUT2D eigenvalue weighted by Crippen LogP contribution is -2.39. The summed E-state index contributed by atoms with van der Waals surface area (Å²) < 4.78 is 16.0. The van der Waals surface area contributed by atoms with E-state index >= 15 is 0 Å². The Balaban J connectivity index is 1.86. The second kappa shape index (κ2) is 9.97. The van der Waals surface area contributed by atoms with Gasteiger partial charge in [-0.3, -0.25) is 9.79 Å². The number of ether oxygens (including phenoxy) is 2. The van der Waals surface area contributed by atoms with Crippen LogP contribution < -0.4 is 25.4 Å². The summed E-state index contributed by atoms with van der Waals surface area (Å²) in [6, 6.07) is 9.03. The molecule has 8 nitrogen and oxygen atoms in total. The Morgan fingerprint density at radius 1 is 1.23 bits per heavy atom. The first-order valence-electron chi connectivity index (χ1n) is 8.23. The van der Waals surface area contributed by atoms with Crippen molar-refractivity contribution in [3.63, 3.8) is 0 Å². The molecule has 1 heterocycles. The number of carbonyl (C=O) groups excluding carboxylic acids is 1. The second-order valence-corrected chi connectivity index (χ2v) is 5.21. The average Bonchev–Trinajstić information content (AvgIpc) is 3.18. The zero-order chi connectivity index (χ0) is 18.8. The number of carbonyl (C=O) groups is 1. The van der Waals surface area contributed by atoms with Gasteiger partial charge < -0.3 is 29.8 Å². The normalized spacial score (nSPS) is 11.0. The van der Waals surface area contributed by atoms with Crippen molar-refractivity contribution in [1.82, 2.24) is 10.6 Å². The number of hydrogen-bond acceptors (Lipinski definition) is 5. The number of nitrogens with zero attached hydrogens (tertiary/aromatic N) is 1. The molecule has 0 spiro atoms. The highest BCUT2D eigenvalue weighted by atomic mass is 16.5. The van der Waals surface area contributed by atoms with Gasteiger partial charge >= 0.3 is 0 Å². The predicted molar refractivity (Wildman–Crippen MR) is 99.7 cm³/mol. The van der Waals surface area contributed by atoms with Crippen LogP contribution >= 0.6 is 0 Å². The summed E-state index contributed by atoms with van der Waals surface area (Å²) in [5.41, 5.74) is 0.759. The Kier molecular flexibility index (Phi) is 7.35. The lowest BCUT2D eigenvalue weighted by molar-refractivity contribution is -0.120. The zero-order valence-electron chi connectivity index (χ0n) is 15.2. The van der Waals surface area contributed by atoms with E-state index in [9.17, 15) is 4.79 Å². The number of furan rings is 1. The van der Waals surface area contributed by atoms with Crippen molar-refractivity contribution in [3.8, 4) is 11.5 Å². The summed E-state index contributed by atoms with van der Waals surface area (Å²) in [6.07, 6.45) is 1.57. The van der Waals surface area contributed by atoms with Gasteiger partial charge in [-0.05, 0) is 31.2 Å². The largest absolute Gasteiger partial charge is 0.493 e. The Hall–Kier alpha value is -3.16. The molecule has 1 aromatic carbocycles. The lowest BCUT2D eigenvalue weighted by atomic mass is 10.2. The lowest BCUT2D eigenvalue weighted by Gasteiger charge is -2.14. The molecule has 1 aromatic heterocycles. The van der Waals surface area contributed by atoms with Crippen molar-refractivity contribution < 1.29 is 18.7 Å². The number of aliphatic imine (C=N–C) groups is 1. The van der Waals surface area contributed by atoms with Crippen LogP contribution in [0.3, 0.4) is 0 Å². The molecule has 0 unspecified atom stereocenters. The van der Waals surface area contributed by atoms with Crippen LogP contribution in [0.25, 0.3) is 0 Å². The van der Waals surface area contributed by atoms with Gasteiger partial charge in [0, 0.05) is 18.8 Å². The van der Waals surface area contributed by atoms with Gasteiger partial charge in [-0.2, -0.15) is 0 Å². The smallest absolute Gasteiger partial charge is 0.239 e. The van der Waals surface area contributed by atoms with E-state index in [1.807, 2.05) is 19.1 Å². The highest BCUT2D eigenvalue weighted by Crippen LogP contribution is 2.30. The average molecular weight is 360 g/mol. The number of anilines is 1. The Morgan fingerprint density at radius 2 is 2.08 bits per heavy atom. The summed E-state index contributed by atoms with van der Waals surface area (Å²) in [6.45, 7) is 2.89. The minimum atomic E-state index is -0.173. The topological polar surface area (TPSA) is 97.1 Å². The molecule has 0 aliphatic carbocycles. The minimum absolute atomic E-state index is 0.0779. The molecule has 3 N–H and O–H groups in total. The quantitative estimate of drug-likeness (QED) is 0.492. The molecular weight excluding hydrogens is 336 g/mol. The van der Waals surface area contributed by atoms with Gasteiger partial charge in [-0.25, -0.2) is 0 Å². The molecule has 0 atom stereocenters. The van der Waals surface area contributed by atoms with Crippen molar-refractivity contribution in [1.29, 1.82) is 0 Å². The standard InChI is InChI=1S/C18H24N4O4/c1-4-25-15-8-7-13(10-16(15)24-3)22-18(19-2)21-12-17(23)20-11-14-6-5-9-26-14/h5-10H,4,11-12H2,1-3H3,(H,20,23)(H2,19,21,22). The molecule has 0 fully saturated rings. The van der Waals surface area contributed by atoms with Crippen molar-refractivity contribution in [2.24, 2.45) is 4.99 Å². The predicted octanol–water partition coefficient (Wildman–Crippen LogP) is 1.99. The van der Waals surface area contributed by atoms with E-state index in [0.717, 1.165) is 5.69 Å². The van der Waals surface area contributed by atoms with Crippen molar-refractivity contribution in [2.45, 2.75) is 13.5 Å². The van der Waals surface area contributed by atoms with E-state index in [2.05, 4.69) is 20.9 Å². The number of methoxy groups -OCH3 is 1. The van der Waals surface area contributed by atoms with Gasteiger partial charge in [-0.15, -0.1) is 0 Å². The van der Waals surface area contributed by atoms with Gasteiger partial charge in [-0.1, -0.05) is 0 Å². The molecule has 0 aliphatic rings. The number of amides is 1. The van der Waals surface area contributed by atoms with Crippen LogP contribution in [0, 0.1) is 0 Å². The molecule has 2 aromatic rings. The van der Waals surface area contributed by atoms with Gasteiger partial charge in [0.1, 0.15) is 5.76 Å². The van der Waals surface area contributed by atoms with Crippen LogP contribution in [0.15, 0.2) is 46.0 Å². The molecule has 140 valence electrons. The SMILES string of the molecule is CCOc1ccc(NC(=NC)NCC(=O)NCc2ccco2)cc1OC. The fourth-order valence-corrected chi connectivity index (χ4v) is 2.16. The molecule has 0 radical (unpaired) electrons. The summed E-state index contributed by atoms with van der Waals surface area (Å²) in [5.74, 6) is 2.27. The van der Waals surface area contributed by atoms with Crippen LogP contribution in [0.5, 0.6) is 11.5 Å². The third-order valence-corrected chi connectivity index (χ3v) is 3.41. The van der Waals surface area contributed by atoms with E-state index in [-0.39, 0.29) is 12.5 Å². The van der Waals surface area contributed by atoms with Gasteiger partial charge in [0.05, 0.1) is 33.1 Å². The number of hydrogen-bond donors (Lipinski definition) is 3. The number of benzene rings is 1. The van der Waals surface area contributed by atoms with E-state index in [0.29, 0.717) is 36.4 Å². The third-order valence-electron chi connectivity index (χ3n) is 3.41. The minimum Gasteiger partial charge on any atom is -0.493 e. The summed E-state index contributed by atoms with van der Waals surface area (Å²) in [5, 5.41) is 8.81. The maximum Gasteiger partial charge on any atom is 0.239 e. The van der Waals surface area contributed by atoms with Gasteiger partial charge in [0.15, 0.2) is 17.5 Å². The van der Waals surface area contributed by atoms with Crippen molar-refractivity contribution >= 4 is 17.6 Å². The fourth-order valence-electron chi connectivity index (χ4n) is 2.16. The Morgan fingerprint density at radius 3 is 2.73 bits per heavy atom. The second-order valence-electron chi connectivity index (χ2n) is 5.21. The van der Waals surface area contributed by atoms with Gasteiger partial charge in [0.2, 0.25) is 5.91 Å². The van der Waals surface area contributed by atoms with E-state index in [1.54, 1.807) is 38.6 Å². The van der Waals surface area contributed by atoms with E-state index in [4.69, 9.17) is 13.9 Å². The monoisotopic (exact) mass is 360 g/mol. The Labute approximate surface area is 152 Å². The molecule has 0 saturated carbocycles. The summed E-state index contributed by atoms with van der Waals surface area (Å²) in [4.78, 5) is 16.0. The molecule has 1 amide bonds. The highest BCUT2D eigenvalue weighted by molar-refractivity contribution is 5.96. The summed E-state index contributed by atoms with van der Waals surface area (Å²) in [7, 11) is 3.21. The fraction of sp³-hybridized carbons (Fsp3) is 0.333. The number of rotatable bonds is 8. The first-order valence-corrected chi connectivity index (χ1v) is 8.23. The number of nitrogens with one attached hydrogen (secondary N) is 3. The van der Waals surface area contributed by atoms with Gasteiger partial charge in [0.25, 0.3) is 0 Å². The van der Waals surface area contributed by atoms with Crippen LogP contribution in [-0.4, -0.2) is 39.2 Å². The first-order chi connectivity index (χ1) is 12.7. The maximum atomic E-state index is 11.9. The molecule has 2 rings (SSSR count). The molecule has 8 heteroatoms. The number of guanidine groups is 1. The molecule has 26 heavy (non-hydrogen) atoms. The molecule has 0 aliphatic heterocycles. The Bertz CT molecular complexity index is 729. The zero-order valence-corrected chi connectivity index (χ0v) is 15.2. The highest BCUT2D eigenvalue weighted by Gasteiger charge is 2.08. The van der Waals surface area contributed by atoms with Crippen molar-refractivity contribution in [2.75, 3.05) is 32.6 Å². The van der Waals surface area contributed by atoms with Crippen LogP contribution in [0.2, 0.25) is 0 Å². The van der Waals surface area contributed by atoms with E-state index in [1.165, 1.54) is 0 Å². The first kappa shape index (κ1) is 19.2. The van der Waals surface area contributed by atoms with Crippen LogP contribution in [-0.2, 0) is 11.3 Å².